The number of rotatable bonds is 5. The summed E-state index contributed by atoms with van der Waals surface area (Å²) in [5, 5.41) is 8.73. The number of furan rings is 1. The standard InChI is InChI=1S/C19H12F3N3OS/c20-13-6-8-14(9-7-13)25-18(16-5-2-10-26-16)23-24-19(25)27-11-12-3-1-4-15(21)17(12)22/h1-10H,11H2. The lowest BCUT2D eigenvalue weighted by molar-refractivity contribution is 0.502. The van der Waals surface area contributed by atoms with Crippen molar-refractivity contribution in [2.75, 3.05) is 0 Å². The van der Waals surface area contributed by atoms with Crippen LogP contribution >= 0.6 is 11.8 Å². The maximum Gasteiger partial charge on any atom is 0.205 e. The lowest BCUT2D eigenvalue weighted by Crippen LogP contribution is -2.00. The first-order valence-corrected chi connectivity index (χ1v) is 8.93. The zero-order valence-corrected chi connectivity index (χ0v) is 14.6. The van der Waals surface area contributed by atoms with Gasteiger partial charge in [-0.25, -0.2) is 13.2 Å². The molecule has 136 valence electrons. The molecule has 4 aromatic rings. The van der Waals surface area contributed by atoms with Crippen molar-refractivity contribution in [3.05, 3.63) is 83.9 Å². The molecule has 2 aromatic carbocycles. The zero-order valence-electron chi connectivity index (χ0n) is 13.8. The van der Waals surface area contributed by atoms with Gasteiger partial charge in [-0.2, -0.15) is 0 Å². The molecule has 0 saturated carbocycles. The molecule has 0 saturated heterocycles. The number of thioether (sulfide) groups is 1. The Bertz CT molecular complexity index is 1060. The number of hydrogen-bond donors (Lipinski definition) is 0. The quantitative estimate of drug-likeness (QED) is 0.440. The van der Waals surface area contributed by atoms with Gasteiger partial charge in [-0.1, -0.05) is 23.9 Å². The summed E-state index contributed by atoms with van der Waals surface area (Å²) in [6, 6.07) is 13.3. The van der Waals surface area contributed by atoms with Crippen molar-refractivity contribution >= 4 is 11.8 Å². The highest BCUT2D eigenvalue weighted by Crippen LogP contribution is 2.30. The average Bonchev–Trinajstić information content (AvgIpc) is 3.33. The number of hydrogen-bond acceptors (Lipinski definition) is 4. The largest absolute Gasteiger partial charge is 0.461 e. The summed E-state index contributed by atoms with van der Waals surface area (Å²) in [5.74, 6) is -1.10. The highest BCUT2D eigenvalue weighted by Gasteiger charge is 2.19. The first-order chi connectivity index (χ1) is 13.1. The van der Waals surface area contributed by atoms with Crippen LogP contribution in [-0.2, 0) is 5.75 Å². The predicted molar refractivity (Wildman–Crippen MR) is 94.9 cm³/mol. The van der Waals surface area contributed by atoms with E-state index in [1.54, 1.807) is 28.8 Å². The van der Waals surface area contributed by atoms with E-state index in [0.29, 0.717) is 22.4 Å². The maximum absolute atomic E-state index is 13.9. The van der Waals surface area contributed by atoms with Crippen LogP contribution in [0.2, 0.25) is 0 Å². The monoisotopic (exact) mass is 387 g/mol. The van der Waals surface area contributed by atoms with Crippen LogP contribution in [0.4, 0.5) is 13.2 Å². The molecule has 0 N–H and O–H groups in total. The summed E-state index contributed by atoms with van der Waals surface area (Å²) in [4.78, 5) is 0. The predicted octanol–water partition coefficient (Wildman–Crippen LogP) is 5.24. The summed E-state index contributed by atoms with van der Waals surface area (Å²) < 4.78 is 47.7. The summed E-state index contributed by atoms with van der Waals surface area (Å²) in [5.41, 5.74) is 0.836. The lowest BCUT2D eigenvalue weighted by atomic mass is 10.2. The van der Waals surface area contributed by atoms with Gasteiger partial charge in [0.2, 0.25) is 5.82 Å². The minimum Gasteiger partial charge on any atom is -0.461 e. The Kier molecular flexibility index (Phi) is 4.72. The first kappa shape index (κ1) is 17.4. The summed E-state index contributed by atoms with van der Waals surface area (Å²) in [6.07, 6.45) is 1.51. The topological polar surface area (TPSA) is 43.9 Å². The van der Waals surface area contributed by atoms with Gasteiger partial charge in [-0.15, -0.1) is 10.2 Å². The average molecular weight is 387 g/mol. The highest BCUT2D eigenvalue weighted by atomic mass is 32.2. The molecule has 2 heterocycles. The molecule has 0 amide bonds. The van der Waals surface area contributed by atoms with Crippen LogP contribution in [0.15, 0.2) is 70.4 Å². The van der Waals surface area contributed by atoms with E-state index in [1.165, 1.54) is 42.3 Å². The third-order valence-corrected chi connectivity index (χ3v) is 4.83. The van der Waals surface area contributed by atoms with E-state index in [0.717, 1.165) is 6.07 Å². The van der Waals surface area contributed by atoms with Gasteiger partial charge in [-0.3, -0.25) is 4.57 Å². The molecule has 0 aliphatic heterocycles. The van der Waals surface area contributed by atoms with Crippen LogP contribution < -0.4 is 0 Å². The third-order valence-electron chi connectivity index (χ3n) is 3.85. The number of nitrogens with zero attached hydrogens (tertiary/aromatic N) is 3. The SMILES string of the molecule is Fc1ccc(-n2c(SCc3cccc(F)c3F)nnc2-c2ccco2)cc1. The number of aromatic nitrogens is 3. The second-order valence-corrected chi connectivity index (χ2v) is 6.54. The van der Waals surface area contributed by atoms with Gasteiger partial charge < -0.3 is 4.42 Å². The van der Waals surface area contributed by atoms with Gasteiger partial charge in [0.25, 0.3) is 0 Å². The van der Waals surface area contributed by atoms with Crippen LogP contribution in [0.5, 0.6) is 0 Å². The summed E-state index contributed by atoms with van der Waals surface area (Å²) >= 11 is 1.19. The van der Waals surface area contributed by atoms with Crippen LogP contribution in [0.1, 0.15) is 5.56 Å². The minimum absolute atomic E-state index is 0.154. The maximum atomic E-state index is 13.9. The van der Waals surface area contributed by atoms with E-state index in [4.69, 9.17) is 4.42 Å². The van der Waals surface area contributed by atoms with Crippen molar-refractivity contribution in [3.63, 3.8) is 0 Å². The molecule has 0 aliphatic carbocycles. The Morgan fingerprint density at radius 3 is 2.48 bits per heavy atom. The molecule has 0 spiro atoms. The molecular weight excluding hydrogens is 375 g/mol. The molecule has 0 bridgehead atoms. The van der Waals surface area contributed by atoms with Gasteiger partial charge in [0.1, 0.15) is 5.82 Å². The molecule has 4 nitrogen and oxygen atoms in total. The molecular formula is C19H12F3N3OS. The number of benzene rings is 2. The Morgan fingerprint density at radius 2 is 1.74 bits per heavy atom. The second-order valence-electron chi connectivity index (χ2n) is 5.60. The van der Waals surface area contributed by atoms with E-state index in [9.17, 15) is 13.2 Å². The summed E-state index contributed by atoms with van der Waals surface area (Å²) in [7, 11) is 0. The Labute approximate surface area is 156 Å². The fourth-order valence-corrected chi connectivity index (χ4v) is 3.48. The van der Waals surface area contributed by atoms with Gasteiger partial charge in [0, 0.05) is 11.3 Å². The molecule has 27 heavy (non-hydrogen) atoms. The first-order valence-electron chi connectivity index (χ1n) is 7.94. The van der Waals surface area contributed by atoms with E-state index in [-0.39, 0.29) is 17.1 Å². The Hall–Kier alpha value is -3.00. The fourth-order valence-electron chi connectivity index (χ4n) is 2.55. The van der Waals surface area contributed by atoms with Crippen molar-refractivity contribution < 1.29 is 17.6 Å². The number of halogens is 3. The van der Waals surface area contributed by atoms with Gasteiger partial charge >= 0.3 is 0 Å². The highest BCUT2D eigenvalue weighted by molar-refractivity contribution is 7.98. The van der Waals surface area contributed by atoms with E-state index in [2.05, 4.69) is 10.2 Å². The van der Waals surface area contributed by atoms with Crippen LogP contribution in [0, 0.1) is 17.5 Å². The summed E-state index contributed by atoms with van der Waals surface area (Å²) in [6.45, 7) is 0. The Balaban J connectivity index is 1.72. The lowest BCUT2D eigenvalue weighted by Gasteiger charge is -2.09. The van der Waals surface area contributed by atoms with Crippen LogP contribution in [-0.4, -0.2) is 14.8 Å². The van der Waals surface area contributed by atoms with Crippen LogP contribution in [0.25, 0.3) is 17.3 Å². The Morgan fingerprint density at radius 1 is 0.926 bits per heavy atom. The molecule has 0 radical (unpaired) electrons. The molecule has 0 aliphatic rings. The molecule has 0 atom stereocenters. The third kappa shape index (κ3) is 3.48. The second kappa shape index (κ2) is 7.32. The molecule has 8 heteroatoms. The van der Waals surface area contributed by atoms with E-state index < -0.39 is 11.6 Å². The van der Waals surface area contributed by atoms with Crippen molar-refractivity contribution in [2.45, 2.75) is 10.9 Å². The minimum atomic E-state index is -0.899. The normalized spacial score (nSPS) is 11.1. The molecule has 2 aromatic heterocycles. The zero-order chi connectivity index (χ0) is 18.8. The fraction of sp³-hybridized carbons (Fsp3) is 0.0526. The van der Waals surface area contributed by atoms with Gasteiger partial charge in [0.05, 0.1) is 12.0 Å². The van der Waals surface area contributed by atoms with Gasteiger partial charge in [-0.05, 0) is 42.5 Å². The molecule has 4 rings (SSSR count). The van der Waals surface area contributed by atoms with Crippen molar-refractivity contribution in [1.29, 1.82) is 0 Å². The van der Waals surface area contributed by atoms with Crippen molar-refractivity contribution in [1.82, 2.24) is 14.8 Å². The van der Waals surface area contributed by atoms with Gasteiger partial charge in [0.15, 0.2) is 22.6 Å². The van der Waals surface area contributed by atoms with E-state index >= 15 is 0 Å². The van der Waals surface area contributed by atoms with Crippen LogP contribution in [0.3, 0.4) is 0 Å². The molecule has 0 fully saturated rings. The van der Waals surface area contributed by atoms with Crippen molar-refractivity contribution in [3.8, 4) is 17.3 Å². The molecule has 0 unspecified atom stereocenters. The van der Waals surface area contributed by atoms with Crippen molar-refractivity contribution in [2.24, 2.45) is 0 Å². The smallest absolute Gasteiger partial charge is 0.205 e. The van der Waals surface area contributed by atoms with E-state index in [1.807, 2.05) is 0 Å².